The Morgan fingerprint density at radius 3 is 2.24 bits per heavy atom. The number of pyridine rings is 1. The van der Waals surface area contributed by atoms with Gasteiger partial charge in [0.25, 0.3) is 5.91 Å². The van der Waals surface area contributed by atoms with Gasteiger partial charge in [-0.1, -0.05) is 15.9 Å². The van der Waals surface area contributed by atoms with E-state index in [2.05, 4.69) is 31.5 Å². The third-order valence-electron chi connectivity index (χ3n) is 3.49. The Bertz CT molecular complexity index is 847. The van der Waals surface area contributed by atoms with Gasteiger partial charge in [0.1, 0.15) is 11.6 Å². The Morgan fingerprint density at radius 1 is 0.960 bits per heavy atom. The van der Waals surface area contributed by atoms with Crippen molar-refractivity contribution in [2.75, 3.05) is 17.7 Å². The third-order valence-corrected chi connectivity index (χ3v) is 4.02. The fraction of sp³-hybridized carbons (Fsp3) is 0.0526. The normalized spacial score (nSPS) is 10.2. The molecule has 0 aliphatic heterocycles. The van der Waals surface area contributed by atoms with Gasteiger partial charge >= 0.3 is 0 Å². The Balaban J connectivity index is 1.63. The number of nitrogens with zero attached hydrogens (tertiary/aromatic N) is 1. The minimum Gasteiger partial charge on any atom is -0.497 e. The zero-order valence-electron chi connectivity index (χ0n) is 13.5. The van der Waals surface area contributed by atoms with Gasteiger partial charge in [0.15, 0.2) is 0 Å². The van der Waals surface area contributed by atoms with Crippen LogP contribution in [0.1, 0.15) is 10.4 Å². The molecule has 0 radical (unpaired) electrons. The molecule has 2 N–H and O–H groups in total. The van der Waals surface area contributed by atoms with Crippen molar-refractivity contribution in [3.63, 3.8) is 0 Å². The quantitative estimate of drug-likeness (QED) is 0.645. The second-order valence-corrected chi connectivity index (χ2v) is 6.16. The number of aromatic nitrogens is 1. The van der Waals surface area contributed by atoms with Gasteiger partial charge in [-0.05, 0) is 60.7 Å². The Morgan fingerprint density at radius 2 is 1.64 bits per heavy atom. The van der Waals surface area contributed by atoms with E-state index in [1.807, 2.05) is 36.4 Å². The summed E-state index contributed by atoms with van der Waals surface area (Å²) in [5.74, 6) is 1.31. The summed E-state index contributed by atoms with van der Waals surface area (Å²) in [6, 6.07) is 18.3. The highest BCUT2D eigenvalue weighted by atomic mass is 79.9. The summed E-state index contributed by atoms with van der Waals surface area (Å²) < 4.78 is 6.06. The summed E-state index contributed by atoms with van der Waals surface area (Å²) in [6.07, 6.45) is 1.61. The lowest BCUT2D eigenvalue weighted by Crippen LogP contribution is -2.11. The number of methoxy groups -OCH3 is 1. The van der Waals surface area contributed by atoms with Crippen LogP contribution in [0.25, 0.3) is 0 Å². The lowest BCUT2D eigenvalue weighted by Gasteiger charge is -2.08. The molecule has 1 aromatic heterocycles. The number of rotatable bonds is 5. The predicted octanol–water partition coefficient (Wildman–Crippen LogP) is 4.85. The summed E-state index contributed by atoms with van der Waals surface area (Å²) >= 11 is 3.35. The van der Waals surface area contributed by atoms with Crippen LogP contribution in [-0.2, 0) is 0 Å². The molecule has 3 aromatic rings. The van der Waals surface area contributed by atoms with Crippen LogP contribution in [0.4, 0.5) is 17.2 Å². The molecule has 0 saturated heterocycles. The van der Waals surface area contributed by atoms with Crippen molar-refractivity contribution < 1.29 is 9.53 Å². The summed E-state index contributed by atoms with van der Waals surface area (Å²) in [7, 11) is 1.63. The summed E-state index contributed by atoms with van der Waals surface area (Å²) in [6.45, 7) is 0. The van der Waals surface area contributed by atoms with Crippen molar-refractivity contribution in [1.29, 1.82) is 0 Å². The zero-order valence-corrected chi connectivity index (χ0v) is 15.1. The number of ether oxygens (including phenoxy) is 1. The van der Waals surface area contributed by atoms with Crippen LogP contribution in [-0.4, -0.2) is 18.0 Å². The van der Waals surface area contributed by atoms with E-state index in [0.29, 0.717) is 17.1 Å². The van der Waals surface area contributed by atoms with Gasteiger partial charge in [-0.2, -0.15) is 0 Å². The lowest BCUT2D eigenvalue weighted by atomic mass is 10.2. The molecule has 0 fully saturated rings. The Labute approximate surface area is 154 Å². The molecule has 1 heterocycles. The number of amides is 1. The van der Waals surface area contributed by atoms with Gasteiger partial charge < -0.3 is 15.4 Å². The van der Waals surface area contributed by atoms with Crippen molar-refractivity contribution in [2.24, 2.45) is 0 Å². The Kier molecular flexibility index (Phi) is 5.30. The molecule has 126 valence electrons. The molecule has 0 aliphatic rings. The molecular formula is C19H16BrN3O2. The van der Waals surface area contributed by atoms with E-state index in [1.54, 1.807) is 37.6 Å². The molecule has 0 saturated carbocycles. The monoisotopic (exact) mass is 397 g/mol. The summed E-state index contributed by atoms with van der Waals surface area (Å²) in [5, 5.41) is 6.01. The summed E-state index contributed by atoms with van der Waals surface area (Å²) in [4.78, 5) is 16.5. The van der Waals surface area contributed by atoms with Gasteiger partial charge in [-0.15, -0.1) is 0 Å². The minimum absolute atomic E-state index is 0.176. The molecule has 0 spiro atoms. The molecule has 25 heavy (non-hydrogen) atoms. The molecule has 5 nitrogen and oxygen atoms in total. The highest BCUT2D eigenvalue weighted by Crippen LogP contribution is 2.20. The van der Waals surface area contributed by atoms with E-state index in [4.69, 9.17) is 4.74 Å². The average molecular weight is 398 g/mol. The van der Waals surface area contributed by atoms with Crippen molar-refractivity contribution >= 4 is 39.0 Å². The highest BCUT2D eigenvalue weighted by Gasteiger charge is 2.06. The Hall–Kier alpha value is -2.86. The van der Waals surface area contributed by atoms with Gasteiger partial charge in [0, 0.05) is 15.7 Å². The number of hydrogen-bond donors (Lipinski definition) is 2. The molecule has 1 amide bonds. The second-order valence-electron chi connectivity index (χ2n) is 5.25. The number of carbonyl (C=O) groups is 1. The van der Waals surface area contributed by atoms with E-state index in [-0.39, 0.29) is 5.91 Å². The van der Waals surface area contributed by atoms with Crippen LogP contribution in [0.3, 0.4) is 0 Å². The average Bonchev–Trinajstić information content (AvgIpc) is 2.64. The molecule has 0 bridgehead atoms. The second kappa shape index (κ2) is 7.81. The van der Waals surface area contributed by atoms with E-state index in [0.717, 1.165) is 15.9 Å². The van der Waals surface area contributed by atoms with Crippen LogP contribution >= 0.6 is 15.9 Å². The lowest BCUT2D eigenvalue weighted by molar-refractivity contribution is 0.102. The molecule has 0 atom stereocenters. The first kappa shape index (κ1) is 17.0. The summed E-state index contributed by atoms with van der Waals surface area (Å²) in [5.41, 5.74) is 2.12. The van der Waals surface area contributed by atoms with Crippen molar-refractivity contribution in [2.45, 2.75) is 0 Å². The molecular weight excluding hydrogens is 382 g/mol. The maximum absolute atomic E-state index is 12.2. The smallest absolute Gasteiger partial charge is 0.255 e. The standard InChI is InChI=1S/C19H16BrN3O2/c1-25-17-9-6-15(7-10-17)22-18-11-8-16(12-21-18)23-19(24)13-2-4-14(20)5-3-13/h2-12H,1H3,(H,21,22)(H,23,24). The number of anilines is 3. The van der Waals surface area contributed by atoms with Crippen LogP contribution < -0.4 is 15.4 Å². The van der Waals surface area contributed by atoms with Crippen LogP contribution in [0.5, 0.6) is 5.75 Å². The topological polar surface area (TPSA) is 63.2 Å². The third kappa shape index (κ3) is 4.58. The number of benzene rings is 2. The van der Waals surface area contributed by atoms with Crippen molar-refractivity contribution in [3.8, 4) is 5.75 Å². The van der Waals surface area contributed by atoms with Crippen molar-refractivity contribution in [3.05, 3.63) is 76.9 Å². The number of hydrogen-bond acceptors (Lipinski definition) is 4. The van der Waals surface area contributed by atoms with Gasteiger partial charge in [-0.25, -0.2) is 4.98 Å². The molecule has 2 aromatic carbocycles. The largest absolute Gasteiger partial charge is 0.497 e. The fourth-order valence-corrected chi connectivity index (χ4v) is 2.43. The van der Waals surface area contributed by atoms with Crippen LogP contribution in [0, 0.1) is 0 Å². The first-order valence-corrected chi connectivity index (χ1v) is 8.37. The molecule has 6 heteroatoms. The van der Waals surface area contributed by atoms with Crippen LogP contribution in [0.2, 0.25) is 0 Å². The first-order valence-electron chi connectivity index (χ1n) is 7.58. The number of carbonyl (C=O) groups excluding carboxylic acids is 1. The maximum Gasteiger partial charge on any atom is 0.255 e. The first-order chi connectivity index (χ1) is 12.1. The fourth-order valence-electron chi connectivity index (χ4n) is 2.17. The maximum atomic E-state index is 12.2. The minimum atomic E-state index is -0.176. The van der Waals surface area contributed by atoms with E-state index in [9.17, 15) is 4.79 Å². The SMILES string of the molecule is COc1ccc(Nc2ccc(NC(=O)c3ccc(Br)cc3)cn2)cc1. The molecule has 0 aliphatic carbocycles. The highest BCUT2D eigenvalue weighted by molar-refractivity contribution is 9.10. The molecule has 3 rings (SSSR count). The van der Waals surface area contributed by atoms with Gasteiger partial charge in [0.2, 0.25) is 0 Å². The number of nitrogens with one attached hydrogen (secondary N) is 2. The van der Waals surface area contributed by atoms with Crippen LogP contribution in [0.15, 0.2) is 71.3 Å². The van der Waals surface area contributed by atoms with E-state index >= 15 is 0 Å². The number of halogens is 1. The van der Waals surface area contributed by atoms with Crippen molar-refractivity contribution in [1.82, 2.24) is 4.98 Å². The predicted molar refractivity (Wildman–Crippen MR) is 103 cm³/mol. The van der Waals surface area contributed by atoms with E-state index in [1.165, 1.54) is 0 Å². The molecule has 0 unspecified atom stereocenters. The van der Waals surface area contributed by atoms with E-state index < -0.39 is 0 Å². The zero-order chi connectivity index (χ0) is 17.6. The van der Waals surface area contributed by atoms with Gasteiger partial charge in [-0.3, -0.25) is 4.79 Å². The van der Waals surface area contributed by atoms with Gasteiger partial charge in [0.05, 0.1) is 19.0 Å².